The lowest BCUT2D eigenvalue weighted by molar-refractivity contribution is 0.143. The predicted octanol–water partition coefficient (Wildman–Crippen LogP) is 6.11. The summed E-state index contributed by atoms with van der Waals surface area (Å²) in [6, 6.07) is 1.25. The molecule has 2 atom stereocenters. The Morgan fingerprint density at radius 2 is 1.71 bits per heavy atom. The van der Waals surface area contributed by atoms with Crippen molar-refractivity contribution in [3.63, 3.8) is 0 Å². The van der Waals surface area contributed by atoms with Crippen molar-refractivity contribution in [3.05, 3.63) is 0 Å². The highest BCUT2D eigenvalue weighted by atomic mass is 32.2. The van der Waals surface area contributed by atoms with E-state index in [0.717, 1.165) is 17.7 Å². The van der Waals surface area contributed by atoms with Crippen molar-refractivity contribution < 1.29 is 8.61 Å². The van der Waals surface area contributed by atoms with Crippen LogP contribution in [0.3, 0.4) is 0 Å². The molecule has 0 fully saturated rings. The van der Waals surface area contributed by atoms with E-state index in [0.29, 0.717) is 0 Å². The molecule has 0 aromatic carbocycles. The molecular formula is C16H38O2SSi2. The van der Waals surface area contributed by atoms with Crippen molar-refractivity contribution in [2.75, 3.05) is 12.9 Å². The maximum Gasteiger partial charge on any atom is 0.189 e. The van der Waals surface area contributed by atoms with E-state index in [1.165, 1.54) is 18.9 Å². The third-order valence-electron chi connectivity index (χ3n) is 5.43. The van der Waals surface area contributed by atoms with Crippen LogP contribution in [-0.2, 0) is 8.61 Å². The van der Waals surface area contributed by atoms with Crippen LogP contribution in [0.2, 0.25) is 37.8 Å². The highest BCUT2D eigenvalue weighted by Gasteiger charge is 2.46. The van der Waals surface area contributed by atoms with E-state index in [9.17, 15) is 0 Å². The minimum absolute atomic E-state index is 0.0824. The fourth-order valence-electron chi connectivity index (χ4n) is 2.80. The van der Waals surface area contributed by atoms with Gasteiger partial charge in [0.1, 0.15) is 0 Å². The first-order chi connectivity index (χ1) is 9.56. The quantitative estimate of drug-likeness (QED) is 0.254. The zero-order chi connectivity index (χ0) is 16.7. The molecule has 2 nitrogen and oxygen atoms in total. The van der Waals surface area contributed by atoms with Crippen molar-refractivity contribution in [2.24, 2.45) is 0 Å². The molecule has 0 amide bonds. The molecule has 0 saturated carbocycles. The lowest BCUT2D eigenvalue weighted by atomic mass is 10.3. The van der Waals surface area contributed by atoms with Crippen LogP contribution in [0.5, 0.6) is 0 Å². The molecular weight excluding hydrogens is 312 g/mol. The second kappa shape index (κ2) is 9.11. The molecule has 0 saturated heterocycles. The average molecular weight is 351 g/mol. The van der Waals surface area contributed by atoms with Crippen molar-refractivity contribution in [3.8, 4) is 0 Å². The van der Waals surface area contributed by atoms with Crippen LogP contribution in [-0.4, -0.2) is 34.5 Å². The Kier molecular flexibility index (Phi) is 9.42. The van der Waals surface area contributed by atoms with E-state index in [2.05, 4.69) is 53.9 Å². The standard InChI is InChI=1S/C16H38O2SSi2/c1-10-12-15(3)21(8,9)18-16(4,11-2)20(6,7)14-13-19-17-5/h15H,10-14H2,1-9H3/t15?,16-/m0/s1. The largest absolute Gasteiger partial charge is 0.415 e. The molecule has 5 heteroatoms. The number of hydrogen-bond acceptors (Lipinski definition) is 3. The third kappa shape index (κ3) is 6.38. The lowest BCUT2D eigenvalue weighted by Gasteiger charge is -2.48. The van der Waals surface area contributed by atoms with Crippen LogP contribution in [0.1, 0.15) is 47.0 Å². The minimum atomic E-state index is -1.64. The molecule has 0 aromatic rings. The maximum atomic E-state index is 6.93. The van der Waals surface area contributed by atoms with Gasteiger partial charge in [0.15, 0.2) is 8.32 Å². The van der Waals surface area contributed by atoms with Crippen LogP contribution >= 0.6 is 12.0 Å². The first-order valence-electron chi connectivity index (χ1n) is 8.42. The molecule has 0 N–H and O–H groups in total. The number of hydrogen-bond donors (Lipinski definition) is 0. The fraction of sp³-hybridized carbons (Fsp3) is 1.00. The number of rotatable bonds is 11. The smallest absolute Gasteiger partial charge is 0.189 e. The minimum Gasteiger partial charge on any atom is -0.415 e. The summed E-state index contributed by atoms with van der Waals surface area (Å²) >= 11 is 1.58. The fourth-order valence-corrected chi connectivity index (χ4v) is 11.2. The molecule has 0 aromatic heterocycles. The average Bonchev–Trinajstić information content (AvgIpc) is 2.38. The molecule has 0 spiro atoms. The molecule has 0 rings (SSSR count). The van der Waals surface area contributed by atoms with Crippen LogP contribution < -0.4 is 0 Å². The normalized spacial score (nSPS) is 17.6. The maximum absolute atomic E-state index is 6.93. The van der Waals surface area contributed by atoms with Crippen LogP contribution in [0.15, 0.2) is 0 Å². The van der Waals surface area contributed by atoms with Gasteiger partial charge in [0.05, 0.1) is 15.2 Å². The zero-order valence-electron chi connectivity index (χ0n) is 15.8. The van der Waals surface area contributed by atoms with Gasteiger partial charge < -0.3 is 8.61 Å². The SMILES string of the molecule is CCCC(C)[Si](C)(C)O[C@](C)(CC)[Si](C)(C)CCSOC. The summed E-state index contributed by atoms with van der Waals surface area (Å²) in [6.45, 7) is 19.1. The van der Waals surface area contributed by atoms with Gasteiger partial charge in [-0.1, -0.05) is 46.7 Å². The summed E-state index contributed by atoms with van der Waals surface area (Å²) in [5.41, 5.74) is 0.728. The summed E-state index contributed by atoms with van der Waals surface area (Å²) in [7, 11) is -1.34. The van der Waals surface area contributed by atoms with Gasteiger partial charge in [-0.3, -0.25) is 0 Å². The molecule has 0 aliphatic rings. The van der Waals surface area contributed by atoms with Gasteiger partial charge in [-0.2, -0.15) is 0 Å². The van der Waals surface area contributed by atoms with Crippen molar-refractivity contribution in [2.45, 2.75) is 90.0 Å². The van der Waals surface area contributed by atoms with Crippen molar-refractivity contribution in [1.82, 2.24) is 0 Å². The summed E-state index contributed by atoms with van der Waals surface area (Å²) in [5, 5.41) is 0.0824. The van der Waals surface area contributed by atoms with Gasteiger partial charge in [-0.15, -0.1) is 0 Å². The summed E-state index contributed by atoms with van der Waals surface area (Å²) in [4.78, 5) is 0. The molecule has 0 bridgehead atoms. The van der Waals surface area contributed by atoms with Crippen LogP contribution in [0.25, 0.3) is 0 Å². The summed E-state index contributed by atoms with van der Waals surface area (Å²) in [6.07, 6.45) is 3.68. The van der Waals surface area contributed by atoms with E-state index in [-0.39, 0.29) is 5.22 Å². The first-order valence-corrected chi connectivity index (χ1v) is 15.5. The Labute approximate surface area is 140 Å². The highest BCUT2D eigenvalue weighted by Crippen LogP contribution is 2.39. The summed E-state index contributed by atoms with van der Waals surface area (Å²) in [5.74, 6) is 1.08. The molecule has 1 unspecified atom stereocenters. The van der Waals surface area contributed by atoms with Gasteiger partial charge in [0, 0.05) is 11.0 Å². The van der Waals surface area contributed by atoms with Gasteiger partial charge in [0.2, 0.25) is 0 Å². The molecule has 128 valence electrons. The van der Waals surface area contributed by atoms with Crippen LogP contribution in [0, 0.1) is 0 Å². The van der Waals surface area contributed by atoms with Gasteiger partial charge >= 0.3 is 0 Å². The molecule has 0 radical (unpaired) electrons. The Morgan fingerprint density at radius 1 is 1.14 bits per heavy atom. The van der Waals surface area contributed by atoms with Gasteiger partial charge in [-0.05, 0) is 50.1 Å². The van der Waals surface area contributed by atoms with E-state index in [1.807, 2.05) is 0 Å². The van der Waals surface area contributed by atoms with E-state index >= 15 is 0 Å². The van der Waals surface area contributed by atoms with Crippen molar-refractivity contribution >= 4 is 28.4 Å². The van der Waals surface area contributed by atoms with Crippen LogP contribution in [0.4, 0.5) is 0 Å². The summed E-state index contributed by atoms with van der Waals surface area (Å²) < 4.78 is 12.1. The Hall–Kier alpha value is 0.704. The molecule has 0 heterocycles. The molecule has 21 heavy (non-hydrogen) atoms. The van der Waals surface area contributed by atoms with E-state index in [1.54, 1.807) is 19.2 Å². The first kappa shape index (κ1) is 21.7. The highest BCUT2D eigenvalue weighted by molar-refractivity contribution is 7.94. The zero-order valence-corrected chi connectivity index (χ0v) is 18.7. The van der Waals surface area contributed by atoms with Gasteiger partial charge in [0.25, 0.3) is 0 Å². The Bertz CT molecular complexity index is 298. The second-order valence-corrected chi connectivity index (χ2v) is 18.3. The van der Waals surface area contributed by atoms with E-state index in [4.69, 9.17) is 8.61 Å². The topological polar surface area (TPSA) is 18.5 Å². The Morgan fingerprint density at radius 3 is 2.14 bits per heavy atom. The van der Waals surface area contributed by atoms with Crippen molar-refractivity contribution in [1.29, 1.82) is 0 Å². The monoisotopic (exact) mass is 350 g/mol. The van der Waals surface area contributed by atoms with Gasteiger partial charge in [-0.25, -0.2) is 0 Å². The predicted molar refractivity (Wildman–Crippen MR) is 103 cm³/mol. The Balaban J connectivity index is 4.99. The third-order valence-corrected chi connectivity index (χ3v) is 15.1. The van der Waals surface area contributed by atoms with E-state index < -0.39 is 16.4 Å². The molecule has 0 aliphatic carbocycles. The molecule has 0 aliphatic heterocycles. The second-order valence-electron chi connectivity index (χ2n) is 7.60. The lowest BCUT2D eigenvalue weighted by Crippen LogP contribution is -2.59.